The summed E-state index contributed by atoms with van der Waals surface area (Å²) in [5.41, 5.74) is -1.34. The molecule has 0 spiro atoms. The standard InChI is InChI=1S/C27H44N2O7/c1-2-3-4-5-6-7-8-9-10-11-12-13-14-15-16-17-23(32)36-25-21(20-30)35-26(24(25)33)29-19-18-22(31)28-27(29)34/h9-10,18-19,21,24-26,30,33H,2-8,11-17,20H2,1H3,(H,28,31,34)/b10-9-/t21-,24-,25-,26-/m1/s1. The van der Waals surface area contributed by atoms with Gasteiger partial charge in [-0.2, -0.15) is 0 Å². The lowest BCUT2D eigenvalue weighted by Crippen LogP contribution is -2.40. The fraction of sp³-hybridized carbons (Fsp3) is 0.741. The van der Waals surface area contributed by atoms with E-state index in [1.807, 2.05) is 0 Å². The number of aliphatic hydroxyl groups excluding tert-OH is 2. The quantitative estimate of drug-likeness (QED) is 0.156. The largest absolute Gasteiger partial charge is 0.457 e. The number of H-pyrrole nitrogens is 1. The molecule has 1 fully saturated rings. The van der Waals surface area contributed by atoms with Gasteiger partial charge in [-0.1, -0.05) is 70.4 Å². The normalized spacial score (nSPS) is 21.9. The van der Waals surface area contributed by atoms with E-state index in [1.54, 1.807) is 0 Å². The molecule has 9 nitrogen and oxygen atoms in total. The van der Waals surface area contributed by atoms with Crippen LogP contribution in [0.25, 0.3) is 0 Å². The number of unbranched alkanes of at least 4 members (excludes halogenated alkanes) is 11. The van der Waals surface area contributed by atoms with Crippen LogP contribution in [0.1, 0.15) is 103 Å². The highest BCUT2D eigenvalue weighted by atomic mass is 16.6. The third kappa shape index (κ3) is 10.4. The molecule has 3 N–H and O–H groups in total. The molecule has 1 aromatic heterocycles. The molecule has 0 aromatic carbocycles. The van der Waals surface area contributed by atoms with E-state index < -0.39 is 48.4 Å². The summed E-state index contributed by atoms with van der Waals surface area (Å²) in [5, 5.41) is 20.2. The van der Waals surface area contributed by atoms with Gasteiger partial charge in [-0.05, 0) is 32.1 Å². The van der Waals surface area contributed by atoms with E-state index in [4.69, 9.17) is 9.47 Å². The maximum atomic E-state index is 12.3. The number of aromatic nitrogens is 2. The number of allylic oxidation sites excluding steroid dienone is 2. The van der Waals surface area contributed by atoms with Crippen LogP contribution in [0.3, 0.4) is 0 Å². The van der Waals surface area contributed by atoms with Crippen molar-refractivity contribution in [3.05, 3.63) is 45.3 Å². The SMILES string of the molecule is CCCCCCCC/C=C\CCCCCCCC(=O)O[C@H]1[C@@H](O)[C@H](n2ccc(=O)[nH]c2=O)O[C@@H]1CO. The summed E-state index contributed by atoms with van der Waals surface area (Å²) in [5.74, 6) is -0.479. The molecule has 0 radical (unpaired) electrons. The van der Waals surface area contributed by atoms with Gasteiger partial charge in [0.2, 0.25) is 0 Å². The Balaban J connectivity index is 1.58. The molecular formula is C27H44N2O7. The van der Waals surface area contributed by atoms with Gasteiger partial charge in [0.25, 0.3) is 5.56 Å². The summed E-state index contributed by atoms with van der Waals surface area (Å²) >= 11 is 0. The lowest BCUT2D eigenvalue weighted by molar-refractivity contribution is -0.156. The van der Waals surface area contributed by atoms with Crippen molar-refractivity contribution >= 4 is 5.97 Å². The van der Waals surface area contributed by atoms with Gasteiger partial charge in [-0.15, -0.1) is 0 Å². The first-order valence-electron chi connectivity index (χ1n) is 13.6. The smallest absolute Gasteiger partial charge is 0.330 e. The lowest BCUT2D eigenvalue weighted by Gasteiger charge is -2.20. The van der Waals surface area contributed by atoms with Gasteiger partial charge in [-0.25, -0.2) is 4.79 Å². The monoisotopic (exact) mass is 508 g/mol. The minimum Gasteiger partial charge on any atom is -0.457 e. The Hall–Kier alpha value is -2.23. The molecule has 1 aromatic rings. The van der Waals surface area contributed by atoms with E-state index in [0.717, 1.165) is 42.7 Å². The molecule has 1 aliphatic rings. The Labute approximate surface area is 213 Å². The number of hydrogen-bond donors (Lipinski definition) is 3. The van der Waals surface area contributed by atoms with Crippen molar-refractivity contribution in [3.8, 4) is 0 Å². The van der Waals surface area contributed by atoms with Crippen LogP contribution in [0.5, 0.6) is 0 Å². The molecule has 0 amide bonds. The highest BCUT2D eigenvalue weighted by Gasteiger charge is 2.47. The number of esters is 1. The Bertz CT molecular complexity index is 895. The fourth-order valence-electron chi connectivity index (χ4n) is 4.42. The molecule has 0 unspecified atom stereocenters. The highest BCUT2D eigenvalue weighted by Crippen LogP contribution is 2.30. The first kappa shape index (κ1) is 30.0. The van der Waals surface area contributed by atoms with Crippen LogP contribution in [0, 0.1) is 0 Å². The second-order valence-electron chi connectivity index (χ2n) is 9.54. The second-order valence-corrected chi connectivity index (χ2v) is 9.54. The predicted molar refractivity (Wildman–Crippen MR) is 138 cm³/mol. The van der Waals surface area contributed by atoms with E-state index in [2.05, 4.69) is 24.1 Å². The van der Waals surface area contributed by atoms with Gasteiger partial charge in [0, 0.05) is 18.7 Å². The van der Waals surface area contributed by atoms with Crippen molar-refractivity contribution in [1.82, 2.24) is 9.55 Å². The first-order chi connectivity index (χ1) is 17.5. The summed E-state index contributed by atoms with van der Waals surface area (Å²) < 4.78 is 11.9. The van der Waals surface area contributed by atoms with Crippen LogP contribution in [-0.4, -0.2) is 50.7 Å². The number of ether oxygens (including phenoxy) is 2. The van der Waals surface area contributed by atoms with Crippen molar-refractivity contribution in [2.75, 3.05) is 6.61 Å². The van der Waals surface area contributed by atoms with E-state index in [9.17, 15) is 24.6 Å². The lowest BCUT2D eigenvalue weighted by atomic mass is 10.1. The van der Waals surface area contributed by atoms with Gasteiger partial charge in [-0.3, -0.25) is 19.1 Å². The summed E-state index contributed by atoms with van der Waals surface area (Å²) in [6.45, 7) is 1.75. The van der Waals surface area contributed by atoms with Crippen LogP contribution < -0.4 is 11.2 Å². The van der Waals surface area contributed by atoms with Crippen molar-refractivity contribution < 1.29 is 24.5 Å². The molecule has 0 bridgehead atoms. The van der Waals surface area contributed by atoms with Crippen LogP contribution in [0.2, 0.25) is 0 Å². The molecule has 2 rings (SSSR count). The third-order valence-electron chi connectivity index (χ3n) is 6.52. The van der Waals surface area contributed by atoms with E-state index in [0.29, 0.717) is 6.42 Å². The van der Waals surface area contributed by atoms with Crippen LogP contribution in [0.15, 0.2) is 34.0 Å². The Morgan fingerprint density at radius 1 is 1.03 bits per heavy atom. The minimum atomic E-state index is -1.36. The van der Waals surface area contributed by atoms with Crippen LogP contribution in [0.4, 0.5) is 0 Å². The van der Waals surface area contributed by atoms with Gasteiger partial charge in [0.05, 0.1) is 6.61 Å². The summed E-state index contributed by atoms with van der Waals surface area (Å²) in [6.07, 6.45) is 16.5. The van der Waals surface area contributed by atoms with Gasteiger partial charge < -0.3 is 19.7 Å². The molecule has 0 saturated carbocycles. The number of aliphatic hydroxyl groups is 2. The summed E-state index contributed by atoms with van der Waals surface area (Å²) in [6, 6.07) is 1.12. The predicted octanol–water partition coefficient (Wildman–Crippen LogP) is 3.74. The van der Waals surface area contributed by atoms with Gasteiger partial charge in [0.15, 0.2) is 12.3 Å². The zero-order chi connectivity index (χ0) is 26.2. The van der Waals surface area contributed by atoms with E-state index in [-0.39, 0.29) is 6.42 Å². The maximum Gasteiger partial charge on any atom is 0.330 e. The van der Waals surface area contributed by atoms with Gasteiger partial charge >= 0.3 is 11.7 Å². The number of aromatic amines is 1. The topological polar surface area (TPSA) is 131 Å². The van der Waals surface area contributed by atoms with E-state index >= 15 is 0 Å². The molecule has 36 heavy (non-hydrogen) atoms. The Kier molecular flexibility index (Phi) is 14.4. The number of carbonyl (C=O) groups excluding carboxylic acids is 1. The van der Waals surface area contributed by atoms with Crippen molar-refractivity contribution in [2.24, 2.45) is 0 Å². The van der Waals surface area contributed by atoms with Crippen molar-refractivity contribution in [1.29, 1.82) is 0 Å². The van der Waals surface area contributed by atoms with Crippen molar-refractivity contribution in [3.63, 3.8) is 0 Å². The average molecular weight is 509 g/mol. The number of hydrogen-bond acceptors (Lipinski definition) is 7. The molecule has 1 aliphatic heterocycles. The first-order valence-corrected chi connectivity index (χ1v) is 13.6. The maximum absolute atomic E-state index is 12.3. The molecule has 0 aliphatic carbocycles. The third-order valence-corrected chi connectivity index (χ3v) is 6.52. The fourth-order valence-corrected chi connectivity index (χ4v) is 4.42. The number of nitrogens with one attached hydrogen (secondary N) is 1. The number of rotatable bonds is 18. The van der Waals surface area contributed by atoms with E-state index in [1.165, 1.54) is 51.1 Å². The summed E-state index contributed by atoms with van der Waals surface area (Å²) in [7, 11) is 0. The molecule has 4 atom stereocenters. The molecule has 1 saturated heterocycles. The van der Waals surface area contributed by atoms with Crippen LogP contribution in [-0.2, 0) is 14.3 Å². The number of nitrogens with zero attached hydrogens (tertiary/aromatic N) is 1. The zero-order valence-corrected chi connectivity index (χ0v) is 21.6. The Morgan fingerprint density at radius 2 is 1.64 bits per heavy atom. The molecule has 2 heterocycles. The second kappa shape index (κ2) is 17.3. The molecular weight excluding hydrogens is 464 g/mol. The van der Waals surface area contributed by atoms with Crippen LogP contribution >= 0.6 is 0 Å². The average Bonchev–Trinajstić information content (AvgIpc) is 3.16. The number of carbonyl (C=O) groups is 1. The van der Waals surface area contributed by atoms with Gasteiger partial charge in [0.1, 0.15) is 12.2 Å². The minimum absolute atomic E-state index is 0.211. The highest BCUT2D eigenvalue weighted by molar-refractivity contribution is 5.69. The summed E-state index contributed by atoms with van der Waals surface area (Å²) in [4.78, 5) is 37.7. The zero-order valence-electron chi connectivity index (χ0n) is 21.6. The molecule has 9 heteroatoms. The molecule has 204 valence electrons. The van der Waals surface area contributed by atoms with Crippen molar-refractivity contribution in [2.45, 2.75) is 121 Å². The Morgan fingerprint density at radius 3 is 2.25 bits per heavy atom.